The number of ether oxygens (including phenoxy) is 1. The molecule has 0 saturated carbocycles. The molecule has 0 atom stereocenters. The molecule has 9 nitrogen and oxygen atoms in total. The molecule has 1 rings (SSSR count). The fourth-order valence-corrected chi connectivity index (χ4v) is 3.43. The number of ketones is 1. The van der Waals surface area contributed by atoms with Crippen LogP contribution in [0.1, 0.15) is 41.6 Å². The summed E-state index contributed by atoms with van der Waals surface area (Å²) in [5.41, 5.74) is 0.0317. The van der Waals surface area contributed by atoms with Gasteiger partial charge < -0.3 is 19.1 Å². The van der Waals surface area contributed by atoms with Crippen LogP contribution in [0, 0.1) is 0 Å². The minimum atomic E-state index is -3.60. The first kappa shape index (κ1) is 21.0. The van der Waals surface area contributed by atoms with Gasteiger partial charge in [0.15, 0.2) is 5.78 Å². The molecule has 1 aromatic heterocycles. The molecule has 0 saturated heterocycles. The van der Waals surface area contributed by atoms with Crippen LogP contribution in [0.2, 0.25) is 0 Å². The number of carbonyl (C=O) groups excluding carboxylic acids is 3. The van der Waals surface area contributed by atoms with E-state index in [-0.39, 0.29) is 30.2 Å². The first-order valence-corrected chi connectivity index (χ1v) is 9.26. The van der Waals surface area contributed by atoms with Crippen LogP contribution in [0.3, 0.4) is 0 Å². The number of rotatable bonds is 9. The zero-order valence-corrected chi connectivity index (χ0v) is 15.4. The second kappa shape index (κ2) is 9.41. The standard InChI is InChI=1S/C15H21N2O7P/c1-5-23-25(21,24-6-2)9-13(19)17-12-7-11(15(20)22-4)8-16-14(12)10(3)18/h7-8H,5-6,9H2,1-4H3,(H,17,19). The first-order chi connectivity index (χ1) is 11.8. The van der Waals surface area contributed by atoms with Crippen LogP contribution in [0.15, 0.2) is 12.3 Å². The fourth-order valence-electron chi connectivity index (χ4n) is 1.96. The first-order valence-electron chi connectivity index (χ1n) is 7.53. The van der Waals surface area contributed by atoms with Crippen molar-refractivity contribution in [3.8, 4) is 0 Å². The largest absolute Gasteiger partial charge is 0.465 e. The molecular formula is C15H21N2O7P. The minimum Gasteiger partial charge on any atom is -0.465 e. The average Bonchev–Trinajstić information content (AvgIpc) is 2.53. The van der Waals surface area contributed by atoms with Crippen molar-refractivity contribution in [3.05, 3.63) is 23.5 Å². The van der Waals surface area contributed by atoms with Gasteiger partial charge in [0.25, 0.3) is 0 Å². The van der Waals surface area contributed by atoms with Gasteiger partial charge in [-0.3, -0.25) is 19.1 Å². The molecule has 1 heterocycles. The number of anilines is 1. The van der Waals surface area contributed by atoms with Gasteiger partial charge in [-0.2, -0.15) is 0 Å². The molecule has 0 fully saturated rings. The van der Waals surface area contributed by atoms with Crippen LogP contribution in [-0.4, -0.2) is 49.1 Å². The van der Waals surface area contributed by atoms with E-state index in [0.29, 0.717) is 0 Å². The summed E-state index contributed by atoms with van der Waals surface area (Å²) >= 11 is 0. The number of pyridine rings is 1. The molecule has 1 amide bonds. The number of methoxy groups -OCH3 is 1. The van der Waals surface area contributed by atoms with Gasteiger partial charge in [-0.1, -0.05) is 0 Å². The fraction of sp³-hybridized carbons (Fsp3) is 0.467. The van der Waals surface area contributed by atoms with E-state index in [1.54, 1.807) is 13.8 Å². The predicted octanol–water partition coefficient (Wildman–Crippen LogP) is 2.28. The van der Waals surface area contributed by atoms with Crippen molar-refractivity contribution in [1.29, 1.82) is 0 Å². The van der Waals surface area contributed by atoms with Gasteiger partial charge in [-0.25, -0.2) is 4.79 Å². The van der Waals surface area contributed by atoms with Crippen molar-refractivity contribution in [3.63, 3.8) is 0 Å². The van der Waals surface area contributed by atoms with E-state index in [1.807, 2.05) is 0 Å². The average molecular weight is 372 g/mol. The minimum absolute atomic E-state index is 0.0138. The van der Waals surface area contributed by atoms with E-state index in [9.17, 15) is 18.9 Å². The third-order valence-corrected chi connectivity index (χ3v) is 4.88. The third kappa shape index (κ3) is 6.04. The van der Waals surface area contributed by atoms with Gasteiger partial charge in [0.05, 0.1) is 31.6 Å². The lowest BCUT2D eigenvalue weighted by Crippen LogP contribution is -2.20. The second-order valence-electron chi connectivity index (χ2n) is 4.82. The zero-order valence-electron chi connectivity index (χ0n) is 14.5. The maximum atomic E-state index is 12.4. The Kier molecular flexibility index (Phi) is 7.89. The van der Waals surface area contributed by atoms with Crippen molar-refractivity contribution in [2.45, 2.75) is 20.8 Å². The van der Waals surface area contributed by atoms with E-state index in [1.165, 1.54) is 26.3 Å². The Morgan fingerprint density at radius 2 is 1.80 bits per heavy atom. The van der Waals surface area contributed by atoms with Crippen LogP contribution in [0.5, 0.6) is 0 Å². The van der Waals surface area contributed by atoms with Crippen LogP contribution in [0.4, 0.5) is 5.69 Å². The maximum absolute atomic E-state index is 12.4. The number of hydrogen-bond acceptors (Lipinski definition) is 8. The number of aromatic nitrogens is 1. The molecule has 1 N–H and O–H groups in total. The monoisotopic (exact) mass is 372 g/mol. The molecule has 0 spiro atoms. The molecule has 0 aliphatic heterocycles. The summed E-state index contributed by atoms with van der Waals surface area (Å²) in [6, 6.07) is 1.26. The van der Waals surface area contributed by atoms with Crippen molar-refractivity contribution in [2.75, 3.05) is 31.8 Å². The van der Waals surface area contributed by atoms with Crippen molar-refractivity contribution >= 4 is 30.9 Å². The molecule has 0 aliphatic carbocycles. The Morgan fingerprint density at radius 3 is 2.28 bits per heavy atom. The summed E-state index contributed by atoms with van der Waals surface area (Å²) < 4.78 is 27.1. The van der Waals surface area contributed by atoms with Gasteiger partial charge in [0.2, 0.25) is 5.91 Å². The third-order valence-electron chi connectivity index (χ3n) is 2.91. The van der Waals surface area contributed by atoms with E-state index in [0.717, 1.165) is 0 Å². The summed E-state index contributed by atoms with van der Waals surface area (Å²) in [4.78, 5) is 39.3. The van der Waals surface area contributed by atoms with Crippen LogP contribution in [0.25, 0.3) is 0 Å². The summed E-state index contributed by atoms with van der Waals surface area (Å²) in [6.07, 6.45) is 0.637. The molecule has 1 aromatic rings. The van der Waals surface area contributed by atoms with Crippen LogP contribution in [-0.2, 0) is 23.1 Å². The molecular weight excluding hydrogens is 351 g/mol. The smallest absolute Gasteiger partial charge is 0.340 e. The molecule has 0 aromatic carbocycles. The number of carbonyl (C=O) groups is 3. The quantitative estimate of drug-likeness (QED) is 0.398. The highest BCUT2D eigenvalue weighted by atomic mass is 31.2. The van der Waals surface area contributed by atoms with Crippen LogP contribution >= 0.6 is 7.60 Å². The van der Waals surface area contributed by atoms with Gasteiger partial charge in [-0.15, -0.1) is 0 Å². The zero-order chi connectivity index (χ0) is 19.0. The predicted molar refractivity (Wildman–Crippen MR) is 89.9 cm³/mol. The maximum Gasteiger partial charge on any atom is 0.340 e. The summed E-state index contributed by atoms with van der Waals surface area (Å²) in [6.45, 7) is 4.74. The molecule has 25 heavy (non-hydrogen) atoms. The van der Waals surface area contributed by atoms with Gasteiger partial charge in [0, 0.05) is 13.1 Å². The molecule has 0 bridgehead atoms. The van der Waals surface area contributed by atoms with E-state index in [4.69, 9.17) is 9.05 Å². The number of hydrogen-bond donors (Lipinski definition) is 1. The van der Waals surface area contributed by atoms with Crippen molar-refractivity contribution in [1.82, 2.24) is 4.98 Å². The van der Waals surface area contributed by atoms with Gasteiger partial charge in [-0.05, 0) is 19.9 Å². The molecule has 138 valence electrons. The Morgan fingerprint density at radius 1 is 1.20 bits per heavy atom. The highest BCUT2D eigenvalue weighted by molar-refractivity contribution is 7.54. The Hall–Kier alpha value is -2.09. The normalized spacial score (nSPS) is 11.0. The summed E-state index contributed by atoms with van der Waals surface area (Å²) in [5.74, 6) is -1.78. The second-order valence-corrected chi connectivity index (χ2v) is 6.88. The number of Topliss-reactive ketones (excluding diaryl/α,β-unsaturated/α-hetero) is 1. The number of nitrogens with one attached hydrogen (secondary N) is 1. The molecule has 0 radical (unpaired) electrons. The van der Waals surface area contributed by atoms with Gasteiger partial charge >= 0.3 is 13.6 Å². The van der Waals surface area contributed by atoms with Crippen molar-refractivity contribution in [2.24, 2.45) is 0 Å². The number of esters is 1. The lowest BCUT2D eigenvalue weighted by atomic mass is 10.2. The van der Waals surface area contributed by atoms with Crippen LogP contribution < -0.4 is 5.32 Å². The van der Waals surface area contributed by atoms with E-state index in [2.05, 4.69) is 15.0 Å². The molecule has 0 unspecified atom stereocenters. The number of amides is 1. The summed E-state index contributed by atoms with van der Waals surface area (Å²) in [7, 11) is -2.40. The van der Waals surface area contributed by atoms with Gasteiger partial charge in [0.1, 0.15) is 11.9 Å². The van der Waals surface area contributed by atoms with E-state index < -0.39 is 31.4 Å². The highest BCUT2D eigenvalue weighted by Gasteiger charge is 2.28. The SMILES string of the molecule is CCOP(=O)(CC(=O)Nc1cc(C(=O)OC)cnc1C(C)=O)OCC. The molecule has 0 aliphatic rings. The lowest BCUT2D eigenvalue weighted by Gasteiger charge is -2.17. The Labute approximate surface area is 145 Å². The Bertz CT molecular complexity index is 695. The molecule has 10 heteroatoms. The van der Waals surface area contributed by atoms with E-state index >= 15 is 0 Å². The summed E-state index contributed by atoms with van der Waals surface area (Å²) in [5, 5.41) is 2.42. The lowest BCUT2D eigenvalue weighted by molar-refractivity contribution is -0.114. The highest BCUT2D eigenvalue weighted by Crippen LogP contribution is 2.47. The topological polar surface area (TPSA) is 121 Å². The van der Waals surface area contributed by atoms with Crippen molar-refractivity contribution < 1.29 is 32.7 Å². The number of nitrogens with zero attached hydrogens (tertiary/aromatic N) is 1. The Balaban J connectivity index is 3.06.